The summed E-state index contributed by atoms with van der Waals surface area (Å²) in [5, 5.41) is 10.4. The molecule has 8 nitrogen and oxygen atoms in total. The van der Waals surface area contributed by atoms with Crippen molar-refractivity contribution in [2.24, 2.45) is 0 Å². The standard InChI is InChI=1S/C24H21ClN6O2/c1-16-7-5-12-22(27-16)29-23(32)17-8-6-9-19(13-17)31-15-18(14-26-31)28-24(33)30(2)21-11-4-3-10-20(21)25/h3-15H,1-2H3,(H,28,33)(H,27,29,32). The highest BCUT2D eigenvalue weighted by atomic mass is 35.5. The van der Waals surface area contributed by atoms with Crippen LogP contribution in [0.2, 0.25) is 5.02 Å². The van der Waals surface area contributed by atoms with E-state index in [9.17, 15) is 9.59 Å². The highest BCUT2D eigenvalue weighted by molar-refractivity contribution is 6.33. The molecule has 4 aromatic rings. The number of anilines is 3. The summed E-state index contributed by atoms with van der Waals surface area (Å²) < 4.78 is 1.58. The fraction of sp³-hybridized carbons (Fsp3) is 0.0833. The third-order valence-electron chi connectivity index (χ3n) is 4.86. The first-order valence-corrected chi connectivity index (χ1v) is 10.5. The minimum atomic E-state index is -0.360. The maximum absolute atomic E-state index is 12.6. The van der Waals surface area contributed by atoms with Crippen LogP contribution < -0.4 is 15.5 Å². The topological polar surface area (TPSA) is 92.2 Å². The van der Waals surface area contributed by atoms with Crippen molar-refractivity contribution < 1.29 is 9.59 Å². The van der Waals surface area contributed by atoms with Crippen molar-refractivity contribution in [2.75, 3.05) is 22.6 Å². The van der Waals surface area contributed by atoms with Gasteiger partial charge >= 0.3 is 6.03 Å². The Balaban J connectivity index is 1.46. The van der Waals surface area contributed by atoms with Gasteiger partial charge in [0.05, 0.1) is 34.5 Å². The molecule has 0 spiro atoms. The fourth-order valence-corrected chi connectivity index (χ4v) is 3.42. The van der Waals surface area contributed by atoms with Crippen LogP contribution in [0.3, 0.4) is 0 Å². The average molecular weight is 461 g/mol. The van der Waals surface area contributed by atoms with E-state index in [4.69, 9.17) is 11.6 Å². The number of pyridine rings is 1. The summed E-state index contributed by atoms with van der Waals surface area (Å²) in [6.45, 7) is 1.86. The maximum atomic E-state index is 12.6. The molecule has 0 aliphatic carbocycles. The van der Waals surface area contributed by atoms with Gasteiger partial charge in [0, 0.05) is 18.3 Å². The van der Waals surface area contributed by atoms with Gasteiger partial charge in [-0.25, -0.2) is 14.5 Å². The van der Waals surface area contributed by atoms with Gasteiger partial charge in [0.25, 0.3) is 5.91 Å². The van der Waals surface area contributed by atoms with Crippen molar-refractivity contribution in [3.05, 3.63) is 95.4 Å². The SMILES string of the molecule is Cc1cccc(NC(=O)c2cccc(-n3cc(NC(=O)N(C)c4ccccc4Cl)cn3)c2)n1. The first-order valence-electron chi connectivity index (χ1n) is 10.1. The minimum Gasteiger partial charge on any atom is -0.307 e. The van der Waals surface area contributed by atoms with Crippen molar-refractivity contribution in [2.45, 2.75) is 6.92 Å². The van der Waals surface area contributed by atoms with Gasteiger partial charge in [-0.3, -0.25) is 9.69 Å². The number of amides is 3. The molecule has 0 unspecified atom stereocenters. The lowest BCUT2D eigenvalue weighted by Gasteiger charge is -2.18. The molecule has 0 fully saturated rings. The highest BCUT2D eigenvalue weighted by Gasteiger charge is 2.15. The molecule has 166 valence electrons. The van der Waals surface area contributed by atoms with Crippen LogP contribution in [0.1, 0.15) is 16.1 Å². The molecule has 0 radical (unpaired) electrons. The fourth-order valence-electron chi connectivity index (χ4n) is 3.16. The van der Waals surface area contributed by atoms with Gasteiger partial charge in [-0.1, -0.05) is 35.9 Å². The second kappa shape index (κ2) is 9.54. The Bertz CT molecular complexity index is 1320. The first kappa shape index (κ1) is 22.0. The smallest absolute Gasteiger partial charge is 0.307 e. The summed E-state index contributed by atoms with van der Waals surface area (Å²) in [5.41, 5.74) is 3.02. The molecular formula is C24H21ClN6O2. The number of nitrogens with zero attached hydrogens (tertiary/aromatic N) is 4. The zero-order valence-electron chi connectivity index (χ0n) is 18.0. The van der Waals surface area contributed by atoms with Crippen LogP contribution in [0.25, 0.3) is 5.69 Å². The van der Waals surface area contributed by atoms with Gasteiger partial charge in [0.2, 0.25) is 0 Å². The summed E-state index contributed by atoms with van der Waals surface area (Å²) in [5.74, 6) is 0.203. The Morgan fingerprint density at radius 2 is 1.79 bits per heavy atom. The van der Waals surface area contributed by atoms with E-state index in [2.05, 4.69) is 20.7 Å². The van der Waals surface area contributed by atoms with Gasteiger partial charge in [-0.05, 0) is 49.4 Å². The largest absolute Gasteiger partial charge is 0.326 e. The highest BCUT2D eigenvalue weighted by Crippen LogP contribution is 2.24. The normalized spacial score (nSPS) is 10.5. The number of aryl methyl sites for hydroxylation is 1. The molecule has 2 aromatic carbocycles. The number of hydrogen-bond donors (Lipinski definition) is 2. The van der Waals surface area contributed by atoms with Crippen LogP contribution in [-0.2, 0) is 0 Å². The van der Waals surface area contributed by atoms with Crippen molar-refractivity contribution in [1.29, 1.82) is 0 Å². The van der Waals surface area contributed by atoms with Crippen molar-refractivity contribution in [3.63, 3.8) is 0 Å². The molecule has 2 heterocycles. The van der Waals surface area contributed by atoms with Crippen LogP contribution in [0, 0.1) is 6.92 Å². The lowest BCUT2D eigenvalue weighted by atomic mass is 10.2. The average Bonchev–Trinajstić information content (AvgIpc) is 3.27. The molecule has 2 N–H and O–H groups in total. The van der Waals surface area contributed by atoms with Crippen LogP contribution in [0.4, 0.5) is 22.0 Å². The summed E-state index contributed by atoms with van der Waals surface area (Å²) >= 11 is 6.17. The Kier molecular flexibility index (Phi) is 6.37. The van der Waals surface area contributed by atoms with E-state index >= 15 is 0 Å². The summed E-state index contributed by atoms with van der Waals surface area (Å²) in [6, 6.07) is 19.1. The molecule has 0 saturated heterocycles. The van der Waals surface area contributed by atoms with E-state index in [1.165, 1.54) is 11.1 Å². The predicted molar refractivity (Wildman–Crippen MR) is 129 cm³/mol. The van der Waals surface area contributed by atoms with E-state index in [-0.39, 0.29) is 11.9 Å². The minimum absolute atomic E-state index is 0.281. The molecular weight excluding hydrogens is 440 g/mol. The molecule has 0 atom stereocenters. The molecule has 4 rings (SSSR count). The Labute approximate surface area is 195 Å². The van der Waals surface area contributed by atoms with Gasteiger partial charge < -0.3 is 10.6 Å². The molecule has 33 heavy (non-hydrogen) atoms. The molecule has 9 heteroatoms. The van der Waals surface area contributed by atoms with E-state index in [1.54, 1.807) is 66.5 Å². The third kappa shape index (κ3) is 5.19. The summed E-state index contributed by atoms with van der Waals surface area (Å²) in [4.78, 5) is 31.0. The van der Waals surface area contributed by atoms with E-state index in [0.717, 1.165) is 5.69 Å². The van der Waals surface area contributed by atoms with Crippen LogP contribution in [0.5, 0.6) is 0 Å². The van der Waals surface area contributed by atoms with Crippen molar-refractivity contribution in [3.8, 4) is 5.69 Å². The van der Waals surface area contributed by atoms with Crippen LogP contribution in [0.15, 0.2) is 79.1 Å². The number of halogens is 1. The Morgan fingerprint density at radius 1 is 1.00 bits per heavy atom. The zero-order chi connectivity index (χ0) is 23.4. The number of para-hydroxylation sites is 1. The number of carbonyl (C=O) groups is 2. The number of urea groups is 1. The van der Waals surface area contributed by atoms with Crippen molar-refractivity contribution in [1.82, 2.24) is 14.8 Å². The van der Waals surface area contributed by atoms with Gasteiger partial charge in [-0.15, -0.1) is 0 Å². The number of rotatable bonds is 5. The van der Waals surface area contributed by atoms with Gasteiger partial charge in [0.1, 0.15) is 5.82 Å². The number of benzene rings is 2. The van der Waals surface area contributed by atoms with Crippen molar-refractivity contribution >= 4 is 40.7 Å². The van der Waals surface area contributed by atoms with Gasteiger partial charge in [-0.2, -0.15) is 5.10 Å². The lowest BCUT2D eigenvalue weighted by molar-refractivity contribution is 0.102. The molecule has 0 aliphatic heterocycles. The van der Waals surface area contributed by atoms with E-state index < -0.39 is 0 Å². The quantitative estimate of drug-likeness (QED) is 0.430. The maximum Gasteiger partial charge on any atom is 0.326 e. The number of nitrogens with one attached hydrogen (secondary N) is 2. The van der Waals surface area contributed by atoms with Gasteiger partial charge in [0.15, 0.2) is 0 Å². The van der Waals surface area contributed by atoms with E-state index in [1.807, 2.05) is 25.1 Å². The number of hydrogen-bond acceptors (Lipinski definition) is 4. The van der Waals surface area contributed by atoms with E-state index in [0.29, 0.717) is 33.5 Å². The Morgan fingerprint density at radius 3 is 2.58 bits per heavy atom. The molecule has 0 saturated carbocycles. The third-order valence-corrected chi connectivity index (χ3v) is 5.17. The summed E-state index contributed by atoms with van der Waals surface area (Å²) in [7, 11) is 1.63. The zero-order valence-corrected chi connectivity index (χ0v) is 18.7. The number of carbonyl (C=O) groups excluding carboxylic acids is 2. The molecule has 3 amide bonds. The monoisotopic (exact) mass is 460 g/mol. The molecule has 2 aromatic heterocycles. The van der Waals surface area contributed by atoms with Crippen LogP contribution >= 0.6 is 11.6 Å². The summed E-state index contributed by atoms with van der Waals surface area (Å²) in [6.07, 6.45) is 3.19. The van der Waals surface area contributed by atoms with Crippen LogP contribution in [-0.4, -0.2) is 33.8 Å². The second-order valence-corrected chi connectivity index (χ2v) is 7.69. The first-order chi connectivity index (χ1) is 15.9. The molecule has 0 bridgehead atoms. The Hall–Kier alpha value is -4.17. The second-order valence-electron chi connectivity index (χ2n) is 7.28. The molecule has 0 aliphatic rings. The lowest BCUT2D eigenvalue weighted by Crippen LogP contribution is -2.31. The number of aromatic nitrogens is 3. The predicted octanol–water partition coefficient (Wildman–Crippen LogP) is 5.15.